The van der Waals surface area contributed by atoms with Gasteiger partial charge in [0.2, 0.25) is 0 Å². The summed E-state index contributed by atoms with van der Waals surface area (Å²) in [5, 5.41) is 0. The Bertz CT molecular complexity index is 2120. The van der Waals surface area contributed by atoms with E-state index < -0.39 is 18.3 Å². The quantitative estimate of drug-likeness (QED) is 0.195. The summed E-state index contributed by atoms with van der Waals surface area (Å²) < 4.78 is 13.3. The first-order valence-electron chi connectivity index (χ1n) is 16.2. The molecule has 0 aliphatic carbocycles. The van der Waals surface area contributed by atoms with Crippen molar-refractivity contribution in [3.63, 3.8) is 0 Å². The molecule has 6 heterocycles. The smallest absolute Gasteiger partial charge is 0.399 e. The monoisotopic (exact) mass is 616 g/mol. The zero-order valence-corrected chi connectivity index (χ0v) is 27.6. The Labute approximate surface area is 275 Å². The van der Waals surface area contributed by atoms with E-state index in [1.807, 2.05) is 0 Å². The van der Waals surface area contributed by atoms with Crippen LogP contribution in [0.15, 0.2) is 78.9 Å². The molecule has 6 nitrogen and oxygen atoms in total. The summed E-state index contributed by atoms with van der Waals surface area (Å²) in [6.45, 7) is 12.5. The van der Waals surface area contributed by atoms with Crippen molar-refractivity contribution in [1.29, 1.82) is 0 Å². The van der Waals surface area contributed by atoms with E-state index in [0.717, 1.165) is 72.6 Å². The Morgan fingerprint density at radius 3 is 1.36 bits per heavy atom. The van der Waals surface area contributed by atoms with Crippen LogP contribution in [0, 0.1) is 13.8 Å². The summed E-state index contributed by atoms with van der Waals surface area (Å²) in [7, 11) is -0.654. The number of nitrogens with one attached hydrogen (secondary N) is 2. The van der Waals surface area contributed by atoms with Gasteiger partial charge in [0.15, 0.2) is 0 Å². The molecule has 1 saturated heterocycles. The van der Waals surface area contributed by atoms with Crippen molar-refractivity contribution in [2.24, 2.45) is 0 Å². The number of nitrogens with zero attached hydrogens (tertiary/aromatic N) is 2. The SMILES string of the molecule is Cc1ccc(-c2c3nc(c(B4OC(C)(C)C(C)(C)O4)c4nc(c(-c5ccc(C)cc5)c5ccc(cc6ccc2[nH]6)[nH]5)C=C4)C=C3)cc1. The lowest BCUT2D eigenvalue weighted by atomic mass is 9.76. The molecule has 8 rings (SSSR count). The molecule has 0 atom stereocenters. The fourth-order valence-electron chi connectivity index (χ4n) is 6.41. The van der Waals surface area contributed by atoms with Gasteiger partial charge in [0, 0.05) is 38.7 Å². The Morgan fingerprint density at radius 2 is 0.936 bits per heavy atom. The van der Waals surface area contributed by atoms with E-state index in [0.29, 0.717) is 0 Å². The van der Waals surface area contributed by atoms with Gasteiger partial charge in [0.05, 0.1) is 34.0 Å². The molecule has 5 aromatic rings. The maximum atomic E-state index is 6.67. The summed E-state index contributed by atoms with van der Waals surface area (Å²) >= 11 is 0. The van der Waals surface area contributed by atoms with Crippen molar-refractivity contribution in [1.82, 2.24) is 19.9 Å². The van der Waals surface area contributed by atoms with E-state index in [2.05, 4.69) is 155 Å². The standard InChI is InChI=1S/C40H37BN4O2/c1-24-7-11-26(12-8-24)36-30-17-15-28(42-30)23-29-16-18-31(43-29)37(27-13-9-25(2)10-14-27)33-20-22-35(45-33)38(34-21-19-32(36)44-34)41-46-39(3,4)40(5,6)47-41/h7-23,42-43H,1-6H3. The van der Waals surface area contributed by atoms with Crippen molar-refractivity contribution < 1.29 is 9.31 Å². The van der Waals surface area contributed by atoms with Gasteiger partial charge in [-0.05, 0) is 107 Å². The molecular weight excluding hydrogens is 579 g/mol. The summed E-state index contributed by atoms with van der Waals surface area (Å²) in [4.78, 5) is 17.9. The van der Waals surface area contributed by atoms with Gasteiger partial charge in [-0.25, -0.2) is 9.97 Å². The minimum Gasteiger partial charge on any atom is -0.399 e. The second-order valence-electron chi connectivity index (χ2n) is 13.7. The minimum absolute atomic E-state index is 0.527. The molecule has 47 heavy (non-hydrogen) atoms. The van der Waals surface area contributed by atoms with Crippen molar-refractivity contribution in [3.8, 4) is 22.3 Å². The molecule has 2 aromatic carbocycles. The molecule has 3 aliphatic rings. The third-order valence-corrected chi connectivity index (χ3v) is 9.78. The van der Waals surface area contributed by atoms with Gasteiger partial charge in [-0.15, -0.1) is 0 Å². The van der Waals surface area contributed by atoms with E-state index in [4.69, 9.17) is 19.3 Å². The number of aromatic amines is 2. The number of H-pyrrole nitrogens is 2. The zero-order valence-electron chi connectivity index (χ0n) is 27.6. The van der Waals surface area contributed by atoms with E-state index >= 15 is 0 Å². The predicted octanol–water partition coefficient (Wildman–Crippen LogP) is 8.91. The van der Waals surface area contributed by atoms with Crippen molar-refractivity contribution in [2.45, 2.75) is 52.7 Å². The highest BCUT2D eigenvalue weighted by atomic mass is 16.7. The minimum atomic E-state index is -0.654. The lowest BCUT2D eigenvalue weighted by Gasteiger charge is -2.32. The number of aromatic nitrogens is 4. The highest BCUT2D eigenvalue weighted by molar-refractivity contribution is 6.64. The summed E-state index contributed by atoms with van der Waals surface area (Å²) in [6.07, 6.45) is 8.30. The van der Waals surface area contributed by atoms with Crippen LogP contribution in [0.4, 0.5) is 0 Å². The van der Waals surface area contributed by atoms with Gasteiger partial charge in [-0.1, -0.05) is 59.7 Å². The number of hydrogen-bond donors (Lipinski definition) is 2. The first-order chi connectivity index (χ1) is 22.5. The van der Waals surface area contributed by atoms with E-state index in [1.54, 1.807) is 0 Å². The fraction of sp³-hybridized carbons (Fsp3) is 0.200. The zero-order chi connectivity index (χ0) is 32.5. The largest absolute Gasteiger partial charge is 0.499 e. The molecule has 2 N–H and O–H groups in total. The van der Waals surface area contributed by atoms with E-state index in [-0.39, 0.29) is 0 Å². The average Bonchev–Trinajstić information content (AvgIpc) is 3.86. The second-order valence-corrected chi connectivity index (χ2v) is 13.7. The Morgan fingerprint density at radius 1 is 0.532 bits per heavy atom. The molecule has 0 saturated carbocycles. The topological polar surface area (TPSA) is 75.8 Å². The third kappa shape index (κ3) is 5.16. The molecule has 8 bridgehead atoms. The highest BCUT2D eigenvalue weighted by Crippen LogP contribution is 2.38. The Kier molecular flexibility index (Phi) is 6.76. The van der Waals surface area contributed by atoms with Crippen LogP contribution in [0.3, 0.4) is 0 Å². The van der Waals surface area contributed by atoms with Gasteiger partial charge < -0.3 is 19.3 Å². The van der Waals surface area contributed by atoms with Gasteiger partial charge >= 0.3 is 7.12 Å². The summed E-state index contributed by atoms with van der Waals surface area (Å²) in [6, 6.07) is 27.8. The predicted molar refractivity (Wildman–Crippen MR) is 195 cm³/mol. The molecule has 3 aliphatic heterocycles. The fourth-order valence-corrected chi connectivity index (χ4v) is 6.41. The molecule has 0 spiro atoms. The Balaban J connectivity index is 1.49. The average molecular weight is 617 g/mol. The van der Waals surface area contributed by atoms with Crippen LogP contribution < -0.4 is 5.46 Å². The molecule has 3 aromatic heterocycles. The van der Waals surface area contributed by atoms with Gasteiger partial charge in [-0.2, -0.15) is 0 Å². The van der Waals surface area contributed by atoms with Crippen molar-refractivity contribution in [2.75, 3.05) is 0 Å². The molecule has 7 heteroatoms. The maximum Gasteiger partial charge on any atom is 0.499 e. The summed E-state index contributed by atoms with van der Waals surface area (Å²) in [5.74, 6) is 0. The lowest BCUT2D eigenvalue weighted by Crippen LogP contribution is -2.41. The number of aryl methyl sites for hydroxylation is 2. The molecule has 0 unspecified atom stereocenters. The van der Waals surface area contributed by atoms with Crippen LogP contribution in [0.5, 0.6) is 0 Å². The maximum absolute atomic E-state index is 6.67. The normalized spacial score (nSPS) is 16.3. The number of hydrogen-bond acceptors (Lipinski definition) is 4. The number of benzene rings is 2. The van der Waals surface area contributed by atoms with Crippen molar-refractivity contribution in [3.05, 3.63) is 113 Å². The van der Waals surface area contributed by atoms with Crippen LogP contribution >= 0.6 is 0 Å². The van der Waals surface area contributed by atoms with Crippen LogP contribution in [0.2, 0.25) is 0 Å². The molecule has 1 fully saturated rings. The second kappa shape index (κ2) is 10.8. The van der Waals surface area contributed by atoms with Crippen LogP contribution in [0.1, 0.15) is 61.6 Å². The number of rotatable bonds is 3. The van der Waals surface area contributed by atoms with E-state index in [9.17, 15) is 0 Å². The van der Waals surface area contributed by atoms with Crippen LogP contribution in [0.25, 0.3) is 68.6 Å². The molecule has 0 amide bonds. The molecule has 0 radical (unpaired) electrons. The lowest BCUT2D eigenvalue weighted by molar-refractivity contribution is 0.00578. The first kappa shape index (κ1) is 29.4. The van der Waals surface area contributed by atoms with Gasteiger partial charge in [-0.3, -0.25) is 0 Å². The highest BCUT2D eigenvalue weighted by Gasteiger charge is 2.53. The van der Waals surface area contributed by atoms with Gasteiger partial charge in [0.25, 0.3) is 0 Å². The Hall–Kier alpha value is -4.98. The van der Waals surface area contributed by atoms with Crippen LogP contribution in [-0.4, -0.2) is 38.3 Å². The first-order valence-corrected chi connectivity index (χ1v) is 16.2. The van der Waals surface area contributed by atoms with Crippen LogP contribution in [-0.2, 0) is 9.31 Å². The molecule has 232 valence electrons. The van der Waals surface area contributed by atoms with E-state index in [1.165, 1.54) is 11.1 Å². The third-order valence-electron chi connectivity index (χ3n) is 9.78. The summed E-state index contributed by atoms with van der Waals surface area (Å²) in [5.41, 5.74) is 13.6. The molecular formula is C40H37BN4O2. The van der Waals surface area contributed by atoms with Crippen molar-refractivity contribution >= 4 is 59.0 Å². The van der Waals surface area contributed by atoms with Gasteiger partial charge in [0.1, 0.15) is 0 Å². The number of fused-ring (bicyclic) bond motifs is 8.